The summed E-state index contributed by atoms with van der Waals surface area (Å²) in [6.07, 6.45) is 11.0. The number of aromatic nitrogens is 7. The van der Waals surface area contributed by atoms with Crippen LogP contribution >= 0.6 is 11.3 Å². The number of hydrogen-bond acceptors (Lipinski definition) is 7. The first-order valence-corrected chi connectivity index (χ1v) is 12.5. The summed E-state index contributed by atoms with van der Waals surface area (Å²) >= 11 is 1.65. The molecule has 10 heteroatoms. The number of unbranched alkanes of at least 4 members (excludes halogenated alkanes) is 1. The second-order valence-corrected chi connectivity index (χ2v) is 9.39. The van der Waals surface area contributed by atoms with Gasteiger partial charge in [-0.1, -0.05) is 19.4 Å². The molecule has 36 heavy (non-hydrogen) atoms. The lowest BCUT2D eigenvalue weighted by Crippen LogP contribution is -2.11. The van der Waals surface area contributed by atoms with Crippen molar-refractivity contribution in [1.29, 1.82) is 0 Å². The number of amides is 1. The smallest absolute Gasteiger partial charge is 0.224 e. The largest absolute Gasteiger partial charge is 0.335 e. The van der Waals surface area contributed by atoms with E-state index in [2.05, 4.69) is 48.4 Å². The van der Waals surface area contributed by atoms with E-state index < -0.39 is 0 Å². The SMILES string of the molecule is CCCCC(=O)Nc1cncc(-c2cc3c(-c4nc5c(-c6cccs6)cncc5[nH]4)n[nH]c3cn2)c1. The number of fused-ring (bicyclic) bond motifs is 2. The fourth-order valence-corrected chi connectivity index (χ4v) is 4.86. The molecule has 0 aliphatic heterocycles. The van der Waals surface area contributed by atoms with Crippen molar-refractivity contribution in [2.45, 2.75) is 26.2 Å². The first-order chi connectivity index (χ1) is 17.7. The van der Waals surface area contributed by atoms with Crippen molar-refractivity contribution in [1.82, 2.24) is 35.1 Å². The van der Waals surface area contributed by atoms with Crippen LogP contribution in [0.2, 0.25) is 0 Å². The van der Waals surface area contributed by atoms with Crippen LogP contribution in [-0.4, -0.2) is 41.0 Å². The number of nitrogens with one attached hydrogen (secondary N) is 3. The zero-order chi connectivity index (χ0) is 24.5. The molecule has 0 spiro atoms. The van der Waals surface area contributed by atoms with E-state index in [1.807, 2.05) is 29.8 Å². The molecule has 6 heterocycles. The van der Waals surface area contributed by atoms with Gasteiger partial charge < -0.3 is 10.3 Å². The Hall–Kier alpha value is -4.44. The summed E-state index contributed by atoms with van der Waals surface area (Å²) in [5.41, 5.74) is 6.33. The molecule has 6 aromatic rings. The molecule has 0 bridgehead atoms. The Bertz CT molecular complexity index is 1690. The molecule has 1 amide bonds. The van der Waals surface area contributed by atoms with Crippen LogP contribution in [0.4, 0.5) is 5.69 Å². The van der Waals surface area contributed by atoms with Gasteiger partial charge in [-0.25, -0.2) is 4.98 Å². The average molecular weight is 495 g/mol. The molecule has 9 nitrogen and oxygen atoms in total. The molecule has 6 rings (SSSR count). The number of rotatable bonds is 7. The Balaban J connectivity index is 1.37. The van der Waals surface area contributed by atoms with Crippen LogP contribution in [0.3, 0.4) is 0 Å². The molecule has 178 valence electrons. The minimum Gasteiger partial charge on any atom is -0.335 e. The number of imidazole rings is 1. The summed E-state index contributed by atoms with van der Waals surface area (Å²) in [5, 5.41) is 13.4. The second-order valence-electron chi connectivity index (χ2n) is 8.45. The normalized spacial score (nSPS) is 11.4. The maximum absolute atomic E-state index is 12.2. The van der Waals surface area contributed by atoms with Gasteiger partial charge in [0, 0.05) is 40.2 Å². The van der Waals surface area contributed by atoms with Crippen LogP contribution < -0.4 is 5.32 Å². The molecule has 0 unspecified atom stereocenters. The number of aromatic amines is 2. The van der Waals surface area contributed by atoms with E-state index in [1.165, 1.54) is 0 Å². The monoisotopic (exact) mass is 494 g/mol. The van der Waals surface area contributed by atoms with Crippen LogP contribution in [0.5, 0.6) is 0 Å². The van der Waals surface area contributed by atoms with Crippen molar-refractivity contribution in [3.05, 3.63) is 60.6 Å². The van der Waals surface area contributed by atoms with Gasteiger partial charge in [-0.3, -0.25) is 24.8 Å². The van der Waals surface area contributed by atoms with E-state index in [-0.39, 0.29) is 5.91 Å². The van der Waals surface area contributed by atoms with Gasteiger partial charge in [0.1, 0.15) is 11.2 Å². The predicted octanol–water partition coefficient (Wildman–Crippen LogP) is 5.82. The van der Waals surface area contributed by atoms with Crippen LogP contribution in [0.25, 0.3) is 55.2 Å². The highest BCUT2D eigenvalue weighted by Crippen LogP contribution is 2.33. The van der Waals surface area contributed by atoms with Crippen LogP contribution in [-0.2, 0) is 4.79 Å². The Labute approximate surface area is 210 Å². The minimum atomic E-state index is -0.0161. The number of nitrogens with zero attached hydrogens (tertiary/aromatic N) is 5. The number of pyridine rings is 3. The summed E-state index contributed by atoms with van der Waals surface area (Å²) in [5.74, 6) is 0.631. The summed E-state index contributed by atoms with van der Waals surface area (Å²) in [6.45, 7) is 2.06. The lowest BCUT2D eigenvalue weighted by Gasteiger charge is -2.07. The van der Waals surface area contributed by atoms with Crippen molar-refractivity contribution in [3.63, 3.8) is 0 Å². The molecule has 0 radical (unpaired) electrons. The standard InChI is InChI=1S/C26H22N8OS/c1-2-3-6-23(35)30-16-8-15(10-27-11-16)19-9-17-20(14-29-19)33-34-25(17)26-31-21-13-28-12-18(24(21)32-26)22-5-4-7-36-22/h4-5,7-14H,2-3,6H2,1H3,(H,30,35)(H,31,32)(H,33,34). The summed E-state index contributed by atoms with van der Waals surface area (Å²) in [4.78, 5) is 34.8. The Morgan fingerprint density at radius 2 is 2.00 bits per heavy atom. The first kappa shape index (κ1) is 22.1. The molecule has 0 fully saturated rings. The molecule has 3 N–H and O–H groups in total. The van der Waals surface area contributed by atoms with Crippen LogP contribution in [0, 0.1) is 0 Å². The van der Waals surface area contributed by atoms with Gasteiger partial charge in [0.2, 0.25) is 5.91 Å². The molecule has 0 saturated carbocycles. The van der Waals surface area contributed by atoms with Gasteiger partial charge in [0.25, 0.3) is 0 Å². The van der Waals surface area contributed by atoms with Crippen molar-refractivity contribution < 1.29 is 4.79 Å². The highest BCUT2D eigenvalue weighted by molar-refractivity contribution is 7.13. The minimum absolute atomic E-state index is 0.0161. The molecule has 6 aromatic heterocycles. The molecular formula is C26H22N8OS. The van der Waals surface area contributed by atoms with Gasteiger partial charge in [-0.15, -0.1) is 11.3 Å². The number of thiophene rings is 1. The third-order valence-corrected chi connectivity index (χ3v) is 6.83. The highest BCUT2D eigenvalue weighted by atomic mass is 32.1. The lowest BCUT2D eigenvalue weighted by atomic mass is 10.1. The van der Waals surface area contributed by atoms with Crippen molar-refractivity contribution >= 4 is 44.9 Å². The van der Waals surface area contributed by atoms with Gasteiger partial charge >= 0.3 is 0 Å². The molecule has 0 atom stereocenters. The molecule has 0 aliphatic carbocycles. The fourth-order valence-electron chi connectivity index (χ4n) is 4.12. The molecular weight excluding hydrogens is 472 g/mol. The maximum Gasteiger partial charge on any atom is 0.224 e. The zero-order valence-electron chi connectivity index (χ0n) is 19.4. The maximum atomic E-state index is 12.2. The van der Waals surface area contributed by atoms with Crippen LogP contribution in [0.1, 0.15) is 26.2 Å². The summed E-state index contributed by atoms with van der Waals surface area (Å²) < 4.78 is 0. The first-order valence-electron chi connectivity index (χ1n) is 11.7. The summed E-state index contributed by atoms with van der Waals surface area (Å²) in [7, 11) is 0. The fraction of sp³-hybridized carbons (Fsp3) is 0.154. The van der Waals surface area contributed by atoms with Gasteiger partial charge in [-0.2, -0.15) is 5.10 Å². The zero-order valence-corrected chi connectivity index (χ0v) is 20.3. The molecule has 0 saturated heterocycles. The third-order valence-electron chi connectivity index (χ3n) is 5.93. The average Bonchev–Trinajstić information content (AvgIpc) is 3.66. The van der Waals surface area contributed by atoms with Gasteiger partial charge in [0.15, 0.2) is 5.82 Å². The van der Waals surface area contributed by atoms with Crippen LogP contribution in [0.15, 0.2) is 60.6 Å². The number of carbonyl (C=O) groups excluding carboxylic acids is 1. The van der Waals surface area contributed by atoms with E-state index in [4.69, 9.17) is 4.98 Å². The molecule has 0 aromatic carbocycles. The summed E-state index contributed by atoms with van der Waals surface area (Å²) in [6, 6.07) is 7.92. The Morgan fingerprint density at radius 3 is 2.86 bits per heavy atom. The lowest BCUT2D eigenvalue weighted by molar-refractivity contribution is -0.116. The highest BCUT2D eigenvalue weighted by Gasteiger charge is 2.17. The Morgan fingerprint density at radius 1 is 1.08 bits per heavy atom. The predicted molar refractivity (Wildman–Crippen MR) is 141 cm³/mol. The van der Waals surface area contributed by atoms with E-state index >= 15 is 0 Å². The second kappa shape index (κ2) is 9.31. The van der Waals surface area contributed by atoms with E-state index in [0.717, 1.165) is 56.5 Å². The van der Waals surface area contributed by atoms with Crippen molar-refractivity contribution in [3.8, 4) is 33.2 Å². The molecule has 0 aliphatic rings. The number of hydrogen-bond donors (Lipinski definition) is 3. The quantitative estimate of drug-likeness (QED) is 0.257. The number of H-pyrrole nitrogens is 2. The topological polar surface area (TPSA) is 125 Å². The third kappa shape index (κ3) is 4.11. The number of anilines is 1. The van der Waals surface area contributed by atoms with Gasteiger partial charge in [-0.05, 0) is 30.0 Å². The van der Waals surface area contributed by atoms with Crippen molar-refractivity contribution in [2.24, 2.45) is 0 Å². The Kier molecular flexibility index (Phi) is 5.70. The van der Waals surface area contributed by atoms with E-state index in [9.17, 15) is 4.79 Å². The van der Waals surface area contributed by atoms with E-state index in [0.29, 0.717) is 23.6 Å². The van der Waals surface area contributed by atoms with Crippen molar-refractivity contribution in [2.75, 3.05) is 5.32 Å². The van der Waals surface area contributed by atoms with E-state index in [1.54, 1.807) is 36.1 Å². The van der Waals surface area contributed by atoms with Gasteiger partial charge in [0.05, 0.1) is 41.0 Å². The number of carbonyl (C=O) groups is 1.